The van der Waals surface area contributed by atoms with Crippen molar-refractivity contribution in [2.45, 2.75) is 57.6 Å². The van der Waals surface area contributed by atoms with E-state index in [-0.39, 0.29) is 6.61 Å². The number of fused-ring (bicyclic) bond motifs is 1. The first-order valence-electron chi connectivity index (χ1n) is 7.67. The van der Waals surface area contributed by atoms with Gasteiger partial charge in [0.1, 0.15) is 24.4 Å². The van der Waals surface area contributed by atoms with E-state index in [1.54, 1.807) is 32.9 Å². The lowest BCUT2D eigenvalue weighted by atomic mass is 9.95. The quantitative estimate of drug-likeness (QED) is 0.855. The minimum Gasteiger partial charge on any atom is -0.459 e. The Morgan fingerprint density at radius 1 is 1.26 bits per heavy atom. The van der Waals surface area contributed by atoms with Crippen molar-refractivity contribution in [1.29, 1.82) is 0 Å². The Labute approximate surface area is 135 Å². The van der Waals surface area contributed by atoms with Gasteiger partial charge in [-0.05, 0) is 39.3 Å². The molecule has 2 fully saturated rings. The number of rotatable bonds is 3. The third-order valence-electron chi connectivity index (χ3n) is 4.32. The second-order valence-corrected chi connectivity index (χ2v) is 6.69. The molecule has 0 amide bonds. The number of carbonyl (C=O) groups excluding carboxylic acids is 1. The highest BCUT2D eigenvalue weighted by Gasteiger charge is 2.61. The molecule has 6 nitrogen and oxygen atoms in total. The van der Waals surface area contributed by atoms with Gasteiger partial charge in [-0.1, -0.05) is 18.2 Å². The van der Waals surface area contributed by atoms with Crippen LogP contribution in [0.2, 0.25) is 0 Å². The van der Waals surface area contributed by atoms with Gasteiger partial charge in [0.05, 0.1) is 5.56 Å². The van der Waals surface area contributed by atoms with Crippen molar-refractivity contribution in [3.8, 4) is 0 Å². The number of hydrogen-bond donors (Lipinski definition) is 1. The van der Waals surface area contributed by atoms with E-state index in [1.807, 2.05) is 19.1 Å². The topological polar surface area (TPSA) is 74.2 Å². The van der Waals surface area contributed by atoms with Crippen molar-refractivity contribution < 1.29 is 28.8 Å². The number of carbonyl (C=O) groups is 1. The molecule has 0 aromatic heterocycles. The minimum absolute atomic E-state index is 0.0691. The Morgan fingerprint density at radius 3 is 2.61 bits per heavy atom. The van der Waals surface area contributed by atoms with Crippen molar-refractivity contribution in [3.63, 3.8) is 0 Å². The van der Waals surface area contributed by atoms with Gasteiger partial charge in [0.15, 0.2) is 12.1 Å². The maximum Gasteiger partial charge on any atom is 0.338 e. The fraction of sp³-hybridized carbons (Fsp3) is 0.588. The van der Waals surface area contributed by atoms with E-state index in [0.717, 1.165) is 5.56 Å². The van der Waals surface area contributed by atoms with Gasteiger partial charge in [0, 0.05) is 0 Å². The summed E-state index contributed by atoms with van der Waals surface area (Å²) in [6.45, 7) is 6.90. The Kier molecular flexibility index (Phi) is 3.96. The molecule has 2 heterocycles. The average Bonchev–Trinajstić information content (AvgIpc) is 2.89. The zero-order valence-electron chi connectivity index (χ0n) is 13.7. The predicted molar refractivity (Wildman–Crippen MR) is 80.8 cm³/mol. The molecular formula is C17H22O6. The van der Waals surface area contributed by atoms with Gasteiger partial charge in [-0.3, -0.25) is 0 Å². The van der Waals surface area contributed by atoms with Crippen molar-refractivity contribution in [1.82, 2.24) is 0 Å². The van der Waals surface area contributed by atoms with E-state index in [1.165, 1.54) is 0 Å². The summed E-state index contributed by atoms with van der Waals surface area (Å²) < 4.78 is 22.3. The summed E-state index contributed by atoms with van der Waals surface area (Å²) >= 11 is 0. The molecule has 1 N–H and O–H groups in total. The van der Waals surface area contributed by atoms with Crippen LogP contribution in [0.3, 0.4) is 0 Å². The molecule has 2 aliphatic heterocycles. The van der Waals surface area contributed by atoms with E-state index < -0.39 is 35.9 Å². The normalized spacial score (nSPS) is 35.1. The maximum absolute atomic E-state index is 12.2. The Bertz CT molecular complexity index is 609. The standard InChI is InChI=1S/C17H22O6/c1-10-7-5-6-8-11(10)14(18)20-9-12-17(4,19)13-15(21-12)23-16(2,3)22-13/h5-8,12-13,15,19H,9H2,1-4H3/t12-,13?,15-,17?/m0/s1. The first-order chi connectivity index (χ1) is 10.7. The summed E-state index contributed by atoms with van der Waals surface area (Å²) in [5, 5.41) is 10.7. The number of benzene rings is 1. The molecular weight excluding hydrogens is 300 g/mol. The van der Waals surface area contributed by atoms with Crippen LogP contribution in [-0.2, 0) is 18.9 Å². The molecule has 6 heteroatoms. The maximum atomic E-state index is 12.2. The molecule has 2 saturated heterocycles. The second-order valence-electron chi connectivity index (χ2n) is 6.69. The van der Waals surface area contributed by atoms with Crippen LogP contribution in [0.5, 0.6) is 0 Å². The molecule has 23 heavy (non-hydrogen) atoms. The van der Waals surface area contributed by atoms with Crippen LogP contribution in [0.25, 0.3) is 0 Å². The number of esters is 1. The molecule has 0 bridgehead atoms. The van der Waals surface area contributed by atoms with Gasteiger partial charge in [0.25, 0.3) is 0 Å². The van der Waals surface area contributed by atoms with Crippen LogP contribution in [-0.4, -0.2) is 47.6 Å². The molecule has 1 aromatic rings. The van der Waals surface area contributed by atoms with E-state index in [0.29, 0.717) is 5.56 Å². The minimum atomic E-state index is -1.30. The highest BCUT2D eigenvalue weighted by molar-refractivity contribution is 5.90. The summed E-state index contributed by atoms with van der Waals surface area (Å²) in [4.78, 5) is 12.2. The monoisotopic (exact) mass is 322 g/mol. The van der Waals surface area contributed by atoms with Gasteiger partial charge in [-0.15, -0.1) is 0 Å². The predicted octanol–water partition coefficient (Wildman–Crippen LogP) is 1.78. The molecule has 4 atom stereocenters. The summed E-state index contributed by atoms with van der Waals surface area (Å²) in [7, 11) is 0. The van der Waals surface area contributed by atoms with Gasteiger partial charge in [-0.2, -0.15) is 0 Å². The van der Waals surface area contributed by atoms with Crippen molar-refractivity contribution in [2.24, 2.45) is 0 Å². The molecule has 0 saturated carbocycles. The van der Waals surface area contributed by atoms with Gasteiger partial charge in [0.2, 0.25) is 0 Å². The smallest absolute Gasteiger partial charge is 0.338 e. The van der Waals surface area contributed by atoms with Crippen molar-refractivity contribution >= 4 is 5.97 Å². The number of hydrogen-bond acceptors (Lipinski definition) is 6. The number of aliphatic hydroxyl groups is 1. The van der Waals surface area contributed by atoms with Crippen LogP contribution in [0.15, 0.2) is 24.3 Å². The van der Waals surface area contributed by atoms with Gasteiger partial charge in [-0.25, -0.2) is 4.79 Å². The van der Waals surface area contributed by atoms with Crippen molar-refractivity contribution in [2.75, 3.05) is 6.61 Å². The fourth-order valence-electron chi connectivity index (χ4n) is 2.95. The Hall–Kier alpha value is -1.47. The van der Waals surface area contributed by atoms with Crippen LogP contribution < -0.4 is 0 Å². The first-order valence-corrected chi connectivity index (χ1v) is 7.67. The van der Waals surface area contributed by atoms with Crippen LogP contribution >= 0.6 is 0 Å². The second kappa shape index (κ2) is 5.56. The molecule has 0 aliphatic carbocycles. The van der Waals surface area contributed by atoms with Gasteiger partial charge >= 0.3 is 5.97 Å². The van der Waals surface area contributed by atoms with E-state index in [2.05, 4.69) is 0 Å². The third-order valence-corrected chi connectivity index (χ3v) is 4.32. The SMILES string of the molecule is Cc1ccccc1C(=O)OC[C@@H]1O[C@H]2OC(C)(C)OC2C1(C)O. The van der Waals surface area contributed by atoms with E-state index in [9.17, 15) is 9.90 Å². The molecule has 3 rings (SSSR count). The van der Waals surface area contributed by atoms with Crippen LogP contribution in [0, 0.1) is 6.92 Å². The van der Waals surface area contributed by atoms with Crippen LogP contribution in [0.4, 0.5) is 0 Å². The summed E-state index contributed by atoms with van der Waals surface area (Å²) in [6, 6.07) is 7.18. The number of aryl methyl sites for hydroxylation is 1. The average molecular weight is 322 g/mol. The lowest BCUT2D eigenvalue weighted by Crippen LogP contribution is -2.48. The zero-order chi connectivity index (χ0) is 16.8. The Morgan fingerprint density at radius 2 is 1.96 bits per heavy atom. The first kappa shape index (κ1) is 16.4. The molecule has 0 radical (unpaired) electrons. The molecule has 1 aromatic carbocycles. The summed E-state index contributed by atoms with van der Waals surface area (Å²) in [5.74, 6) is -1.25. The van der Waals surface area contributed by atoms with Gasteiger partial charge < -0.3 is 24.1 Å². The Balaban J connectivity index is 1.64. The lowest BCUT2D eigenvalue weighted by Gasteiger charge is -2.29. The third kappa shape index (κ3) is 2.99. The lowest BCUT2D eigenvalue weighted by molar-refractivity contribution is -0.230. The highest BCUT2D eigenvalue weighted by atomic mass is 16.8. The molecule has 126 valence electrons. The van der Waals surface area contributed by atoms with Crippen LogP contribution in [0.1, 0.15) is 36.7 Å². The van der Waals surface area contributed by atoms with E-state index in [4.69, 9.17) is 18.9 Å². The zero-order valence-corrected chi connectivity index (χ0v) is 13.7. The summed E-state index contributed by atoms with van der Waals surface area (Å²) in [5.41, 5.74) is 0.0330. The molecule has 2 unspecified atom stereocenters. The number of ether oxygens (including phenoxy) is 4. The molecule has 0 spiro atoms. The summed E-state index contributed by atoms with van der Waals surface area (Å²) in [6.07, 6.45) is -1.98. The van der Waals surface area contributed by atoms with Crippen molar-refractivity contribution in [3.05, 3.63) is 35.4 Å². The fourth-order valence-corrected chi connectivity index (χ4v) is 2.95. The van der Waals surface area contributed by atoms with E-state index >= 15 is 0 Å². The molecule has 2 aliphatic rings. The highest BCUT2D eigenvalue weighted by Crippen LogP contribution is 2.42. The largest absolute Gasteiger partial charge is 0.459 e.